The molecule has 9 heteroatoms. The van der Waals surface area contributed by atoms with Crippen molar-refractivity contribution in [1.82, 2.24) is 4.98 Å². The monoisotopic (exact) mass is 388 g/mol. The van der Waals surface area contributed by atoms with Crippen LogP contribution < -0.4 is 4.74 Å². The van der Waals surface area contributed by atoms with E-state index in [1.165, 1.54) is 12.1 Å². The number of ether oxygens (including phenoxy) is 1. The van der Waals surface area contributed by atoms with Crippen molar-refractivity contribution < 1.29 is 26.9 Å². The minimum Gasteiger partial charge on any atom is -0.591 e. The van der Waals surface area contributed by atoms with Crippen LogP contribution in [-0.2, 0) is 17.5 Å². The summed E-state index contributed by atoms with van der Waals surface area (Å²) in [5.74, 6) is -0.362. The van der Waals surface area contributed by atoms with Gasteiger partial charge in [-0.05, 0) is 51.1 Å². The SMILES string of the molecule is CC(C)(C)[S@@+]([O-])N=Cc1cc(Oc2ccc(C(F)(F)F)nc2)ccc1F. The van der Waals surface area contributed by atoms with Crippen molar-refractivity contribution in [3.05, 3.63) is 53.6 Å². The maximum absolute atomic E-state index is 13.9. The van der Waals surface area contributed by atoms with E-state index in [0.29, 0.717) is 0 Å². The van der Waals surface area contributed by atoms with Crippen molar-refractivity contribution >= 4 is 17.6 Å². The number of halogens is 4. The van der Waals surface area contributed by atoms with E-state index in [1.807, 2.05) is 0 Å². The average molecular weight is 388 g/mol. The highest BCUT2D eigenvalue weighted by atomic mass is 32.2. The largest absolute Gasteiger partial charge is 0.591 e. The highest BCUT2D eigenvalue weighted by Gasteiger charge is 2.32. The summed E-state index contributed by atoms with van der Waals surface area (Å²) in [7, 11) is 0. The van der Waals surface area contributed by atoms with Gasteiger partial charge >= 0.3 is 6.18 Å². The highest BCUT2D eigenvalue weighted by molar-refractivity contribution is 7.91. The predicted octanol–water partition coefficient (Wildman–Crippen LogP) is 4.91. The molecular formula is C17H16F4N2O2S. The molecule has 0 aliphatic rings. The first-order chi connectivity index (χ1) is 12.0. The van der Waals surface area contributed by atoms with Crippen molar-refractivity contribution in [2.75, 3.05) is 0 Å². The lowest BCUT2D eigenvalue weighted by atomic mass is 10.2. The van der Waals surface area contributed by atoms with Crippen molar-refractivity contribution in [3.63, 3.8) is 0 Å². The predicted molar refractivity (Wildman–Crippen MR) is 91.2 cm³/mol. The standard InChI is InChI=1S/C17H16F4N2O2S/c1-16(2,3)26(24)23-9-11-8-12(4-6-14(11)18)25-13-5-7-15(22-10-13)17(19,20)21/h4-10H,1-3H3/t26-/m1/s1. The summed E-state index contributed by atoms with van der Waals surface area (Å²) in [5.41, 5.74) is -0.999. The van der Waals surface area contributed by atoms with Crippen LogP contribution in [0.15, 0.2) is 40.9 Å². The fourth-order valence-corrected chi connectivity index (χ4v) is 2.22. The molecule has 1 aromatic carbocycles. The molecule has 0 aliphatic carbocycles. The Morgan fingerprint density at radius 2 is 1.77 bits per heavy atom. The van der Waals surface area contributed by atoms with Gasteiger partial charge in [-0.3, -0.25) is 0 Å². The molecule has 0 N–H and O–H groups in total. The van der Waals surface area contributed by atoms with Crippen LogP contribution in [-0.4, -0.2) is 20.5 Å². The van der Waals surface area contributed by atoms with Gasteiger partial charge in [-0.1, -0.05) is 4.40 Å². The number of rotatable bonds is 4. The van der Waals surface area contributed by atoms with Gasteiger partial charge in [0.2, 0.25) is 0 Å². The lowest BCUT2D eigenvalue weighted by Crippen LogP contribution is -2.25. The van der Waals surface area contributed by atoms with Crippen molar-refractivity contribution in [1.29, 1.82) is 0 Å². The molecule has 26 heavy (non-hydrogen) atoms. The van der Waals surface area contributed by atoms with Gasteiger partial charge in [0.25, 0.3) is 0 Å². The number of pyridine rings is 1. The van der Waals surface area contributed by atoms with Gasteiger partial charge in [-0.2, -0.15) is 13.2 Å². The van der Waals surface area contributed by atoms with E-state index in [9.17, 15) is 22.1 Å². The van der Waals surface area contributed by atoms with Crippen LogP contribution in [0.1, 0.15) is 32.0 Å². The summed E-state index contributed by atoms with van der Waals surface area (Å²) in [6.07, 6.45) is -2.48. The molecule has 0 unspecified atom stereocenters. The minimum absolute atomic E-state index is 0.0416. The Kier molecular flexibility index (Phi) is 5.92. The number of hydrogen-bond acceptors (Lipinski definition) is 4. The summed E-state index contributed by atoms with van der Waals surface area (Å²) in [4.78, 5) is 3.28. The zero-order valence-electron chi connectivity index (χ0n) is 14.2. The Balaban J connectivity index is 2.18. The van der Waals surface area contributed by atoms with Crippen LogP contribution in [0, 0.1) is 5.82 Å². The Bertz CT molecular complexity index is 787. The zero-order valence-corrected chi connectivity index (χ0v) is 15.0. The second-order valence-corrected chi connectivity index (χ2v) is 8.19. The van der Waals surface area contributed by atoms with Gasteiger partial charge in [0, 0.05) is 5.56 Å². The van der Waals surface area contributed by atoms with Crippen molar-refractivity contribution in [2.24, 2.45) is 4.40 Å². The summed E-state index contributed by atoms with van der Waals surface area (Å²) < 4.78 is 71.9. The molecule has 1 atom stereocenters. The summed E-state index contributed by atoms with van der Waals surface area (Å²) in [6.45, 7) is 5.19. The molecule has 140 valence electrons. The first-order valence-electron chi connectivity index (χ1n) is 7.43. The van der Waals surface area contributed by atoms with Crippen molar-refractivity contribution in [2.45, 2.75) is 31.7 Å². The molecule has 1 heterocycles. The fraction of sp³-hybridized carbons (Fsp3) is 0.294. The van der Waals surface area contributed by atoms with E-state index < -0.39 is 33.8 Å². The van der Waals surface area contributed by atoms with E-state index in [1.54, 1.807) is 20.8 Å². The lowest BCUT2D eigenvalue weighted by Gasteiger charge is -2.17. The third-order valence-electron chi connectivity index (χ3n) is 3.04. The normalized spacial score (nSPS) is 13.8. The second kappa shape index (κ2) is 7.63. The molecule has 0 spiro atoms. The first-order valence-corrected chi connectivity index (χ1v) is 8.54. The van der Waals surface area contributed by atoms with Gasteiger partial charge in [0.1, 0.15) is 39.1 Å². The molecule has 0 bridgehead atoms. The Labute approximate surface area is 151 Å². The molecule has 0 radical (unpaired) electrons. The molecule has 0 saturated heterocycles. The van der Waals surface area contributed by atoms with Crippen molar-refractivity contribution in [3.8, 4) is 11.5 Å². The summed E-state index contributed by atoms with van der Waals surface area (Å²) in [6, 6.07) is 5.63. The van der Waals surface area contributed by atoms with Crippen LogP contribution in [0.4, 0.5) is 17.6 Å². The molecule has 0 amide bonds. The van der Waals surface area contributed by atoms with E-state index in [0.717, 1.165) is 30.6 Å². The molecular weight excluding hydrogens is 372 g/mol. The molecule has 1 aromatic heterocycles. The van der Waals surface area contributed by atoms with E-state index in [2.05, 4.69) is 9.38 Å². The van der Waals surface area contributed by atoms with Gasteiger partial charge in [0.05, 0.1) is 12.4 Å². The Morgan fingerprint density at radius 1 is 1.12 bits per heavy atom. The first kappa shape index (κ1) is 20.2. The van der Waals surface area contributed by atoms with Crippen LogP contribution in [0.2, 0.25) is 0 Å². The smallest absolute Gasteiger partial charge is 0.433 e. The van der Waals surface area contributed by atoms with Gasteiger partial charge < -0.3 is 9.29 Å². The minimum atomic E-state index is -4.54. The van der Waals surface area contributed by atoms with Gasteiger partial charge in [-0.25, -0.2) is 9.37 Å². The molecule has 4 nitrogen and oxygen atoms in total. The second-order valence-electron chi connectivity index (χ2n) is 6.26. The molecule has 2 rings (SSSR count). The number of benzene rings is 1. The third-order valence-corrected chi connectivity index (χ3v) is 4.39. The van der Waals surface area contributed by atoms with Crippen LogP contribution in [0.5, 0.6) is 11.5 Å². The summed E-state index contributed by atoms with van der Waals surface area (Å²) in [5, 5.41) is 0. The molecule has 0 aliphatic heterocycles. The number of nitrogens with zero attached hydrogens (tertiary/aromatic N) is 2. The Morgan fingerprint density at radius 3 is 2.31 bits per heavy atom. The zero-order chi connectivity index (χ0) is 19.5. The third kappa shape index (κ3) is 5.43. The Hall–Kier alpha value is -2.13. The van der Waals surface area contributed by atoms with E-state index >= 15 is 0 Å². The molecule has 0 saturated carbocycles. The van der Waals surface area contributed by atoms with E-state index in [4.69, 9.17) is 4.74 Å². The fourth-order valence-electron chi connectivity index (χ4n) is 1.69. The van der Waals surface area contributed by atoms with Crippen LogP contribution in [0.25, 0.3) is 0 Å². The average Bonchev–Trinajstić information content (AvgIpc) is 2.53. The van der Waals surface area contributed by atoms with Gasteiger partial charge in [-0.15, -0.1) is 0 Å². The number of alkyl halides is 3. The molecule has 0 fully saturated rings. The van der Waals surface area contributed by atoms with Crippen LogP contribution in [0.3, 0.4) is 0 Å². The maximum Gasteiger partial charge on any atom is 0.433 e. The number of aromatic nitrogens is 1. The van der Waals surface area contributed by atoms with Gasteiger partial charge in [0.15, 0.2) is 0 Å². The summed E-state index contributed by atoms with van der Waals surface area (Å²) >= 11 is -1.56. The van der Waals surface area contributed by atoms with E-state index in [-0.39, 0.29) is 17.1 Å². The topological polar surface area (TPSA) is 57.5 Å². The van der Waals surface area contributed by atoms with Crippen LogP contribution >= 0.6 is 0 Å². The maximum atomic E-state index is 13.9. The quantitative estimate of drug-likeness (QED) is 0.425. The number of hydrogen-bond donors (Lipinski definition) is 0. The lowest BCUT2D eigenvalue weighted by molar-refractivity contribution is -0.141. The molecule has 2 aromatic rings. The highest BCUT2D eigenvalue weighted by Crippen LogP contribution is 2.29.